The van der Waals surface area contributed by atoms with Crippen molar-refractivity contribution in [3.63, 3.8) is 0 Å². The SMILES string of the molecule is CCCCCCn1cc(-c2ccc(-c3nnc([C@@](C)(N)COP(=O)(O)O)s3)cc2C(F)(F)F)cn1. The molecule has 35 heavy (non-hydrogen) atoms. The molecule has 0 fully saturated rings. The number of nitrogens with two attached hydrogens (primary N) is 1. The van der Waals surface area contributed by atoms with Gasteiger partial charge in [0.15, 0.2) is 0 Å². The van der Waals surface area contributed by atoms with Crippen LogP contribution in [0.1, 0.15) is 50.1 Å². The maximum atomic E-state index is 14.0. The molecule has 2 heterocycles. The van der Waals surface area contributed by atoms with Gasteiger partial charge in [-0.3, -0.25) is 9.21 Å². The second-order valence-electron chi connectivity index (χ2n) is 8.40. The number of rotatable bonds is 11. The first-order chi connectivity index (χ1) is 16.3. The molecule has 0 bridgehead atoms. The number of nitrogens with zero attached hydrogens (tertiary/aromatic N) is 4. The Labute approximate surface area is 204 Å². The molecule has 1 aromatic carbocycles. The highest BCUT2D eigenvalue weighted by atomic mass is 32.1. The first-order valence-electron chi connectivity index (χ1n) is 10.9. The second kappa shape index (κ2) is 10.9. The Hall–Kier alpha value is -2.15. The summed E-state index contributed by atoms with van der Waals surface area (Å²) >= 11 is 0.918. The van der Waals surface area contributed by atoms with Gasteiger partial charge in [0, 0.05) is 23.9 Å². The number of phosphoric ester groups is 1. The first kappa shape index (κ1) is 27.4. The summed E-state index contributed by atoms with van der Waals surface area (Å²) in [6.45, 7) is 3.61. The molecular formula is C21H27F3N5O4PS. The molecule has 192 valence electrons. The van der Waals surface area contributed by atoms with E-state index in [0.29, 0.717) is 12.1 Å². The van der Waals surface area contributed by atoms with Crippen LogP contribution in [0.5, 0.6) is 0 Å². The van der Waals surface area contributed by atoms with Crippen molar-refractivity contribution in [3.05, 3.63) is 41.2 Å². The third-order valence-electron chi connectivity index (χ3n) is 5.20. The van der Waals surface area contributed by atoms with Crippen LogP contribution >= 0.6 is 19.2 Å². The lowest BCUT2D eigenvalue weighted by Gasteiger charge is -2.21. The topological polar surface area (TPSA) is 136 Å². The monoisotopic (exact) mass is 533 g/mol. The summed E-state index contributed by atoms with van der Waals surface area (Å²) in [6, 6.07) is 3.88. The number of halogens is 3. The number of unbranched alkanes of at least 4 members (excludes halogenated alkanes) is 3. The minimum Gasteiger partial charge on any atom is -0.318 e. The third kappa shape index (κ3) is 7.42. The third-order valence-corrected chi connectivity index (χ3v) is 6.92. The predicted molar refractivity (Wildman–Crippen MR) is 125 cm³/mol. The Morgan fingerprint density at radius 3 is 2.57 bits per heavy atom. The highest BCUT2D eigenvalue weighted by molar-refractivity contribution is 7.46. The number of benzene rings is 1. The van der Waals surface area contributed by atoms with E-state index in [0.717, 1.165) is 43.1 Å². The van der Waals surface area contributed by atoms with Crippen molar-refractivity contribution in [2.75, 3.05) is 6.61 Å². The van der Waals surface area contributed by atoms with E-state index >= 15 is 0 Å². The fourth-order valence-electron chi connectivity index (χ4n) is 3.34. The molecule has 0 saturated carbocycles. The van der Waals surface area contributed by atoms with Crippen molar-refractivity contribution in [2.24, 2.45) is 5.73 Å². The minimum atomic E-state index is -4.76. The van der Waals surface area contributed by atoms with Gasteiger partial charge in [-0.1, -0.05) is 49.7 Å². The molecule has 3 rings (SSSR count). The molecule has 0 unspecified atom stereocenters. The van der Waals surface area contributed by atoms with E-state index in [1.54, 1.807) is 10.9 Å². The zero-order valence-electron chi connectivity index (χ0n) is 19.2. The lowest BCUT2D eigenvalue weighted by molar-refractivity contribution is -0.137. The fourth-order valence-corrected chi connectivity index (χ4v) is 4.66. The molecule has 9 nitrogen and oxygen atoms in total. The molecule has 4 N–H and O–H groups in total. The fraction of sp³-hybridized carbons (Fsp3) is 0.476. The summed E-state index contributed by atoms with van der Waals surface area (Å²) in [5.74, 6) is 0. The van der Waals surface area contributed by atoms with Crippen molar-refractivity contribution in [3.8, 4) is 21.7 Å². The van der Waals surface area contributed by atoms with Gasteiger partial charge in [-0.15, -0.1) is 10.2 Å². The van der Waals surface area contributed by atoms with E-state index in [1.165, 1.54) is 25.3 Å². The van der Waals surface area contributed by atoms with Gasteiger partial charge in [0.25, 0.3) is 0 Å². The maximum Gasteiger partial charge on any atom is 0.469 e. The average molecular weight is 534 g/mol. The molecule has 0 aliphatic heterocycles. The Balaban J connectivity index is 1.87. The average Bonchev–Trinajstić information content (AvgIpc) is 3.44. The molecular weight excluding hydrogens is 506 g/mol. The van der Waals surface area contributed by atoms with Gasteiger partial charge in [-0.25, -0.2) is 4.57 Å². The maximum absolute atomic E-state index is 14.0. The van der Waals surface area contributed by atoms with E-state index in [2.05, 4.69) is 26.7 Å². The largest absolute Gasteiger partial charge is 0.469 e. The van der Waals surface area contributed by atoms with E-state index in [1.807, 2.05) is 0 Å². The molecule has 0 aliphatic rings. The summed E-state index contributed by atoms with van der Waals surface area (Å²) in [6.07, 6.45) is 2.54. The second-order valence-corrected chi connectivity index (χ2v) is 10.6. The van der Waals surface area contributed by atoms with Crippen LogP contribution in [0.25, 0.3) is 21.7 Å². The lowest BCUT2D eigenvalue weighted by atomic mass is 9.99. The van der Waals surface area contributed by atoms with Gasteiger partial charge < -0.3 is 15.5 Å². The Morgan fingerprint density at radius 2 is 1.91 bits per heavy atom. The summed E-state index contributed by atoms with van der Waals surface area (Å²) in [4.78, 5) is 17.8. The van der Waals surface area contributed by atoms with Gasteiger partial charge in [-0.05, 0) is 25.0 Å². The van der Waals surface area contributed by atoms with Crippen LogP contribution in [0, 0.1) is 0 Å². The lowest BCUT2D eigenvalue weighted by Crippen LogP contribution is -2.37. The first-order valence-corrected chi connectivity index (χ1v) is 13.2. The van der Waals surface area contributed by atoms with Crippen LogP contribution in [-0.4, -0.2) is 36.4 Å². The standard InChI is InChI=1S/C21H27F3N5O4PS/c1-3-4-5-6-9-29-12-15(11-26-29)16-8-7-14(10-17(16)21(22,23)24)18-27-28-19(35-18)20(2,25)13-33-34(30,31)32/h7-8,10-12H,3-6,9,13,25H2,1-2H3,(H2,30,31,32)/t20-/m0/s1. The highest BCUT2D eigenvalue weighted by Gasteiger charge is 2.35. The molecule has 0 amide bonds. The van der Waals surface area contributed by atoms with Crippen LogP contribution in [0.4, 0.5) is 13.2 Å². The van der Waals surface area contributed by atoms with Crippen molar-refractivity contribution < 1.29 is 32.0 Å². The van der Waals surface area contributed by atoms with Gasteiger partial charge in [0.05, 0.1) is 23.9 Å². The normalized spacial score (nSPS) is 14.3. The molecule has 3 aromatic rings. The Bertz CT molecular complexity index is 1190. The molecule has 0 spiro atoms. The zero-order valence-corrected chi connectivity index (χ0v) is 20.9. The van der Waals surface area contributed by atoms with Gasteiger partial charge >= 0.3 is 14.0 Å². The Kier molecular flexibility index (Phi) is 8.51. The molecule has 0 aliphatic carbocycles. The van der Waals surface area contributed by atoms with Gasteiger partial charge in [0.1, 0.15) is 10.0 Å². The smallest absolute Gasteiger partial charge is 0.318 e. The quantitative estimate of drug-likeness (QED) is 0.233. The molecule has 0 radical (unpaired) electrons. The molecule has 1 atom stereocenters. The number of hydrogen-bond donors (Lipinski definition) is 3. The van der Waals surface area contributed by atoms with Gasteiger partial charge in [0.2, 0.25) is 0 Å². The summed E-state index contributed by atoms with van der Waals surface area (Å²) < 4.78 is 59.0. The van der Waals surface area contributed by atoms with E-state index < -0.39 is 31.7 Å². The number of phosphoric acid groups is 1. The van der Waals surface area contributed by atoms with Crippen molar-refractivity contribution >= 4 is 19.2 Å². The molecule has 0 saturated heterocycles. The number of aromatic nitrogens is 4. The summed E-state index contributed by atoms with van der Waals surface area (Å²) in [5, 5.41) is 12.4. The van der Waals surface area contributed by atoms with Gasteiger partial charge in [-0.2, -0.15) is 18.3 Å². The van der Waals surface area contributed by atoms with Crippen molar-refractivity contribution in [1.29, 1.82) is 0 Å². The summed E-state index contributed by atoms with van der Waals surface area (Å²) in [5.41, 5.74) is 4.35. The van der Waals surface area contributed by atoms with E-state index in [9.17, 15) is 17.7 Å². The van der Waals surface area contributed by atoms with Crippen LogP contribution in [-0.2, 0) is 27.3 Å². The molecule has 14 heteroatoms. The number of hydrogen-bond acceptors (Lipinski definition) is 7. The van der Waals surface area contributed by atoms with Crippen LogP contribution in [0.3, 0.4) is 0 Å². The number of alkyl halides is 3. The predicted octanol–water partition coefficient (Wildman–Crippen LogP) is 4.95. The van der Waals surface area contributed by atoms with Crippen molar-refractivity contribution in [1.82, 2.24) is 20.0 Å². The van der Waals surface area contributed by atoms with E-state index in [4.69, 9.17) is 15.5 Å². The van der Waals surface area contributed by atoms with Crippen molar-refractivity contribution in [2.45, 2.75) is 57.8 Å². The minimum absolute atomic E-state index is 0.00417. The Morgan fingerprint density at radius 1 is 1.17 bits per heavy atom. The zero-order chi connectivity index (χ0) is 25.9. The number of aryl methyl sites for hydroxylation is 1. The molecule has 2 aromatic heterocycles. The van der Waals surface area contributed by atoms with Crippen LogP contribution in [0.15, 0.2) is 30.6 Å². The highest BCUT2D eigenvalue weighted by Crippen LogP contribution is 2.41. The van der Waals surface area contributed by atoms with E-state index in [-0.39, 0.29) is 21.1 Å². The van der Waals surface area contributed by atoms with Crippen LogP contribution < -0.4 is 5.73 Å². The van der Waals surface area contributed by atoms with Crippen LogP contribution in [0.2, 0.25) is 0 Å². The summed E-state index contributed by atoms with van der Waals surface area (Å²) in [7, 11) is -4.76.